The number of hydrogen-bond donors (Lipinski definition) is 2. The third kappa shape index (κ3) is 3.33. The van der Waals surface area contributed by atoms with Crippen molar-refractivity contribution in [2.24, 2.45) is 0 Å². The Kier molecular flexibility index (Phi) is 3.87. The summed E-state index contributed by atoms with van der Waals surface area (Å²) in [5.41, 5.74) is 5.96. The largest absolute Gasteiger partial charge is 0.444 e. The van der Waals surface area contributed by atoms with Crippen LogP contribution in [0.3, 0.4) is 0 Å². The van der Waals surface area contributed by atoms with Gasteiger partial charge in [-0.3, -0.25) is 0 Å². The van der Waals surface area contributed by atoms with E-state index in [1.165, 1.54) is 12.1 Å². The number of anilines is 1. The molecule has 0 amide bonds. The number of aromatic nitrogens is 1. The Morgan fingerprint density at radius 2 is 2.21 bits per heavy atom. The van der Waals surface area contributed by atoms with Gasteiger partial charge in [-0.15, -0.1) is 0 Å². The zero-order chi connectivity index (χ0) is 13.9. The first kappa shape index (κ1) is 13.6. The summed E-state index contributed by atoms with van der Waals surface area (Å²) >= 11 is 0. The lowest BCUT2D eigenvalue weighted by Gasteiger charge is -2.05. The molecule has 0 aliphatic heterocycles. The second kappa shape index (κ2) is 5.41. The van der Waals surface area contributed by atoms with Crippen LogP contribution in [0.15, 0.2) is 39.8 Å². The van der Waals surface area contributed by atoms with Crippen LogP contribution in [-0.2, 0) is 23.0 Å². The van der Waals surface area contributed by atoms with Gasteiger partial charge in [0, 0.05) is 12.1 Å². The van der Waals surface area contributed by atoms with Crippen LogP contribution in [0.4, 0.5) is 5.69 Å². The fourth-order valence-corrected chi connectivity index (χ4v) is 2.54. The van der Waals surface area contributed by atoms with Gasteiger partial charge < -0.3 is 10.2 Å². The van der Waals surface area contributed by atoms with Crippen LogP contribution >= 0.6 is 0 Å². The number of nitrogens with zero attached hydrogens (tertiary/aromatic N) is 1. The molecule has 0 spiro atoms. The van der Waals surface area contributed by atoms with Crippen molar-refractivity contribution >= 4 is 15.7 Å². The maximum absolute atomic E-state index is 12.0. The molecule has 1 heterocycles. The Morgan fingerprint density at radius 3 is 2.84 bits per heavy atom. The smallest absolute Gasteiger partial charge is 0.241 e. The number of aryl methyl sites for hydroxylation is 1. The Morgan fingerprint density at radius 1 is 1.42 bits per heavy atom. The van der Waals surface area contributed by atoms with Crippen LogP contribution in [0, 0.1) is 0 Å². The second-order valence-corrected chi connectivity index (χ2v) is 5.74. The molecule has 0 fully saturated rings. The van der Waals surface area contributed by atoms with Crippen LogP contribution in [0.25, 0.3) is 0 Å². The van der Waals surface area contributed by atoms with Crippen LogP contribution in [0.1, 0.15) is 18.6 Å². The van der Waals surface area contributed by atoms with E-state index in [1.54, 1.807) is 18.3 Å². The van der Waals surface area contributed by atoms with E-state index in [1.807, 2.05) is 6.92 Å². The highest BCUT2D eigenvalue weighted by Crippen LogP contribution is 2.13. The molecule has 1 aromatic carbocycles. The van der Waals surface area contributed by atoms with Crippen LogP contribution in [0.2, 0.25) is 0 Å². The zero-order valence-electron chi connectivity index (χ0n) is 10.5. The topological polar surface area (TPSA) is 98.2 Å². The average molecular weight is 281 g/mol. The van der Waals surface area contributed by atoms with E-state index < -0.39 is 10.0 Å². The Bertz CT molecular complexity index is 664. The Balaban J connectivity index is 2.09. The Labute approximate surface area is 111 Å². The van der Waals surface area contributed by atoms with E-state index in [9.17, 15) is 8.42 Å². The summed E-state index contributed by atoms with van der Waals surface area (Å²) in [6.07, 6.45) is 2.30. The lowest BCUT2D eigenvalue weighted by Crippen LogP contribution is -2.23. The summed E-state index contributed by atoms with van der Waals surface area (Å²) in [6, 6.07) is 6.09. The molecule has 1 aromatic heterocycles. The van der Waals surface area contributed by atoms with Crippen molar-refractivity contribution in [2.75, 3.05) is 5.73 Å². The first-order chi connectivity index (χ1) is 9.01. The van der Waals surface area contributed by atoms with Crippen molar-refractivity contribution in [2.45, 2.75) is 24.8 Å². The summed E-state index contributed by atoms with van der Waals surface area (Å²) in [6.45, 7) is 1.94. The molecule has 6 nitrogen and oxygen atoms in total. The van der Waals surface area contributed by atoms with Crippen molar-refractivity contribution < 1.29 is 12.8 Å². The fraction of sp³-hybridized carbons (Fsp3) is 0.250. The van der Waals surface area contributed by atoms with E-state index in [0.29, 0.717) is 11.6 Å². The monoisotopic (exact) mass is 281 g/mol. The Hall–Kier alpha value is -1.86. The zero-order valence-corrected chi connectivity index (χ0v) is 11.3. The molecule has 19 heavy (non-hydrogen) atoms. The molecule has 7 heteroatoms. The van der Waals surface area contributed by atoms with Gasteiger partial charge in [0.05, 0.1) is 17.6 Å². The number of nitrogen functional groups attached to an aromatic ring is 1. The molecule has 102 valence electrons. The average Bonchev–Trinajstić information content (AvgIpc) is 2.84. The summed E-state index contributed by atoms with van der Waals surface area (Å²) in [5, 5.41) is 0. The first-order valence-corrected chi connectivity index (χ1v) is 7.28. The third-order valence-electron chi connectivity index (χ3n) is 2.53. The van der Waals surface area contributed by atoms with Gasteiger partial charge in [-0.05, 0) is 18.2 Å². The maximum Gasteiger partial charge on any atom is 0.241 e. The number of nitrogens with one attached hydrogen (secondary N) is 1. The summed E-state index contributed by atoms with van der Waals surface area (Å²) < 4.78 is 31.7. The standard InChI is InChI=1S/C12H15N3O3S/c1-2-10-7-14-12(18-10)8-15-19(16,17)11-5-3-4-9(13)6-11/h3-7,15H,2,8,13H2,1H3. The van der Waals surface area contributed by atoms with E-state index >= 15 is 0 Å². The number of rotatable bonds is 5. The maximum atomic E-state index is 12.0. The molecule has 0 unspecified atom stereocenters. The van der Waals surface area contributed by atoms with Gasteiger partial charge in [0.25, 0.3) is 0 Å². The SMILES string of the molecule is CCc1cnc(CNS(=O)(=O)c2cccc(N)c2)o1. The molecule has 0 saturated heterocycles. The van der Waals surface area contributed by atoms with E-state index in [4.69, 9.17) is 10.2 Å². The first-order valence-electron chi connectivity index (χ1n) is 5.80. The number of sulfonamides is 1. The molecule has 0 aliphatic carbocycles. The normalized spacial score (nSPS) is 11.6. The third-order valence-corrected chi connectivity index (χ3v) is 3.93. The summed E-state index contributed by atoms with van der Waals surface area (Å²) in [4.78, 5) is 4.10. The number of oxazole rings is 1. The predicted octanol–water partition coefficient (Wildman–Crippen LogP) is 1.30. The summed E-state index contributed by atoms with van der Waals surface area (Å²) in [7, 11) is -3.61. The van der Waals surface area contributed by atoms with Crippen molar-refractivity contribution in [1.82, 2.24) is 9.71 Å². The molecule has 0 saturated carbocycles. The van der Waals surface area contributed by atoms with E-state index in [0.717, 1.165) is 12.2 Å². The molecule has 2 rings (SSSR count). The highest BCUT2D eigenvalue weighted by molar-refractivity contribution is 7.89. The fourth-order valence-electron chi connectivity index (χ4n) is 1.51. The molecule has 0 radical (unpaired) electrons. The molecular weight excluding hydrogens is 266 g/mol. The van der Waals surface area contributed by atoms with E-state index in [2.05, 4.69) is 9.71 Å². The van der Waals surface area contributed by atoms with Gasteiger partial charge in [0.15, 0.2) is 0 Å². The summed E-state index contributed by atoms with van der Waals surface area (Å²) in [5.74, 6) is 1.06. The van der Waals surface area contributed by atoms with Gasteiger partial charge in [0.1, 0.15) is 5.76 Å². The molecular formula is C12H15N3O3S. The second-order valence-electron chi connectivity index (χ2n) is 3.97. The van der Waals surface area contributed by atoms with Crippen molar-refractivity contribution in [3.05, 3.63) is 42.1 Å². The highest BCUT2D eigenvalue weighted by atomic mass is 32.2. The van der Waals surface area contributed by atoms with E-state index in [-0.39, 0.29) is 11.4 Å². The minimum Gasteiger partial charge on any atom is -0.444 e. The molecule has 0 aliphatic rings. The number of benzene rings is 1. The van der Waals surface area contributed by atoms with Gasteiger partial charge in [-0.1, -0.05) is 13.0 Å². The number of hydrogen-bond acceptors (Lipinski definition) is 5. The van der Waals surface area contributed by atoms with Crippen LogP contribution in [0.5, 0.6) is 0 Å². The van der Waals surface area contributed by atoms with Crippen molar-refractivity contribution in [3.8, 4) is 0 Å². The molecule has 0 atom stereocenters. The number of nitrogens with two attached hydrogens (primary N) is 1. The minimum atomic E-state index is -3.61. The van der Waals surface area contributed by atoms with Gasteiger partial charge in [0.2, 0.25) is 15.9 Å². The van der Waals surface area contributed by atoms with Gasteiger partial charge in [-0.2, -0.15) is 0 Å². The van der Waals surface area contributed by atoms with Crippen molar-refractivity contribution in [1.29, 1.82) is 0 Å². The van der Waals surface area contributed by atoms with Gasteiger partial charge in [-0.25, -0.2) is 18.1 Å². The van der Waals surface area contributed by atoms with Crippen LogP contribution in [-0.4, -0.2) is 13.4 Å². The van der Waals surface area contributed by atoms with Crippen LogP contribution < -0.4 is 10.5 Å². The molecule has 0 bridgehead atoms. The molecule has 3 N–H and O–H groups in total. The predicted molar refractivity (Wildman–Crippen MR) is 70.8 cm³/mol. The highest BCUT2D eigenvalue weighted by Gasteiger charge is 2.15. The lowest BCUT2D eigenvalue weighted by atomic mass is 10.3. The van der Waals surface area contributed by atoms with Gasteiger partial charge >= 0.3 is 0 Å². The van der Waals surface area contributed by atoms with Crippen molar-refractivity contribution in [3.63, 3.8) is 0 Å². The molecule has 2 aromatic rings. The minimum absolute atomic E-state index is 0.0110. The quantitative estimate of drug-likeness (QED) is 0.805. The lowest BCUT2D eigenvalue weighted by molar-refractivity contribution is 0.452.